The predicted molar refractivity (Wildman–Crippen MR) is 108 cm³/mol. The van der Waals surface area contributed by atoms with E-state index in [-0.39, 0.29) is 17.0 Å². The first-order valence-electron chi connectivity index (χ1n) is 7.93. The van der Waals surface area contributed by atoms with E-state index < -0.39 is 0 Å². The number of aromatic nitrogens is 2. The minimum atomic E-state index is -0.330. The minimum absolute atomic E-state index is 0.0431. The van der Waals surface area contributed by atoms with Crippen molar-refractivity contribution in [2.45, 2.75) is 13.0 Å². The summed E-state index contributed by atoms with van der Waals surface area (Å²) in [6.45, 7) is 0.409. The standard InChI is InChI=1S/C19H15Cl3N2O2/c20-7-4-8-24-17-10-14(22)13(21)9-15(17)23-16(19(24)26)11-18(25)12-5-2-1-3-6-12/h1-3,5-6,9-11,25H,4,7-8H2/b18-11-. The van der Waals surface area contributed by atoms with Gasteiger partial charge in [0.1, 0.15) is 11.5 Å². The van der Waals surface area contributed by atoms with Crippen molar-refractivity contribution in [3.63, 3.8) is 0 Å². The molecule has 0 unspecified atom stereocenters. The molecule has 3 rings (SSSR count). The Balaban J connectivity index is 2.21. The number of aliphatic hydroxyl groups is 1. The highest BCUT2D eigenvalue weighted by Crippen LogP contribution is 2.27. The Kier molecular flexibility index (Phi) is 5.87. The molecule has 0 spiro atoms. The molecule has 0 saturated heterocycles. The van der Waals surface area contributed by atoms with Crippen LogP contribution in [0.4, 0.5) is 0 Å². The maximum atomic E-state index is 12.9. The van der Waals surface area contributed by atoms with Crippen molar-refractivity contribution in [3.05, 3.63) is 74.1 Å². The van der Waals surface area contributed by atoms with E-state index in [0.717, 1.165) is 0 Å². The number of hydrogen-bond acceptors (Lipinski definition) is 3. The number of fused-ring (bicyclic) bond motifs is 1. The van der Waals surface area contributed by atoms with Crippen molar-refractivity contribution in [3.8, 4) is 0 Å². The van der Waals surface area contributed by atoms with Gasteiger partial charge < -0.3 is 9.67 Å². The van der Waals surface area contributed by atoms with Gasteiger partial charge in [-0.05, 0) is 18.6 Å². The van der Waals surface area contributed by atoms with Crippen LogP contribution in [0.15, 0.2) is 47.3 Å². The molecule has 1 N–H and O–H groups in total. The van der Waals surface area contributed by atoms with Crippen LogP contribution in [-0.2, 0) is 6.54 Å². The molecule has 0 aliphatic carbocycles. The molecule has 26 heavy (non-hydrogen) atoms. The van der Waals surface area contributed by atoms with Crippen LogP contribution in [0.3, 0.4) is 0 Å². The first kappa shape index (κ1) is 18.8. The number of rotatable bonds is 5. The van der Waals surface area contributed by atoms with Crippen LogP contribution in [0.5, 0.6) is 0 Å². The molecule has 0 bridgehead atoms. The highest BCUT2D eigenvalue weighted by Gasteiger charge is 2.13. The molecule has 0 amide bonds. The number of nitrogens with zero attached hydrogens (tertiary/aromatic N) is 2. The topological polar surface area (TPSA) is 55.1 Å². The van der Waals surface area contributed by atoms with Crippen LogP contribution in [0.2, 0.25) is 10.0 Å². The molecule has 0 aliphatic rings. The zero-order valence-corrected chi connectivity index (χ0v) is 15.9. The lowest BCUT2D eigenvalue weighted by Gasteiger charge is -2.12. The molecule has 1 heterocycles. The van der Waals surface area contributed by atoms with Crippen LogP contribution in [0.25, 0.3) is 22.9 Å². The average Bonchev–Trinajstić information content (AvgIpc) is 2.64. The first-order chi connectivity index (χ1) is 12.5. The summed E-state index contributed by atoms with van der Waals surface area (Å²) in [5, 5.41) is 11.0. The number of aliphatic hydroxyl groups excluding tert-OH is 1. The van der Waals surface area contributed by atoms with Gasteiger partial charge in [-0.15, -0.1) is 11.6 Å². The van der Waals surface area contributed by atoms with Gasteiger partial charge in [0, 0.05) is 24.1 Å². The average molecular weight is 410 g/mol. The SMILES string of the molecule is O=c1c(/C=C(\O)c2ccccc2)nc2cc(Cl)c(Cl)cc2n1CCCCl. The van der Waals surface area contributed by atoms with E-state index in [9.17, 15) is 9.90 Å². The molecule has 0 aliphatic heterocycles. The third-order valence-corrected chi connectivity index (χ3v) is 4.86. The van der Waals surface area contributed by atoms with E-state index >= 15 is 0 Å². The summed E-state index contributed by atoms with van der Waals surface area (Å²) in [5.41, 5.74) is 1.47. The summed E-state index contributed by atoms with van der Waals surface area (Å²) in [6, 6.07) is 12.2. The van der Waals surface area contributed by atoms with Gasteiger partial charge >= 0.3 is 0 Å². The molecular formula is C19H15Cl3N2O2. The number of hydrogen-bond donors (Lipinski definition) is 1. The van der Waals surface area contributed by atoms with Gasteiger partial charge in [0.05, 0.1) is 21.1 Å². The third kappa shape index (κ3) is 3.88. The lowest BCUT2D eigenvalue weighted by Crippen LogP contribution is -2.24. The largest absolute Gasteiger partial charge is 0.507 e. The van der Waals surface area contributed by atoms with E-state index in [2.05, 4.69) is 4.98 Å². The Hall–Kier alpha value is -2.01. The fraction of sp³-hybridized carbons (Fsp3) is 0.158. The molecule has 0 fully saturated rings. The molecule has 0 saturated carbocycles. The third-order valence-electron chi connectivity index (χ3n) is 3.87. The Morgan fingerprint density at radius 1 is 1.15 bits per heavy atom. The first-order valence-corrected chi connectivity index (χ1v) is 9.22. The molecule has 2 aromatic carbocycles. The lowest BCUT2D eigenvalue weighted by molar-refractivity contribution is 0.515. The van der Waals surface area contributed by atoms with Crippen molar-refractivity contribution < 1.29 is 5.11 Å². The normalized spacial score (nSPS) is 11.9. The Morgan fingerprint density at radius 2 is 1.85 bits per heavy atom. The van der Waals surface area contributed by atoms with Gasteiger partial charge in [-0.25, -0.2) is 4.98 Å². The van der Waals surface area contributed by atoms with Crippen LogP contribution < -0.4 is 5.56 Å². The van der Waals surface area contributed by atoms with Crippen LogP contribution in [-0.4, -0.2) is 20.5 Å². The molecule has 4 nitrogen and oxygen atoms in total. The molecular weight excluding hydrogens is 395 g/mol. The van der Waals surface area contributed by atoms with Crippen molar-refractivity contribution in [2.75, 3.05) is 5.88 Å². The number of halogens is 3. The highest BCUT2D eigenvalue weighted by atomic mass is 35.5. The lowest BCUT2D eigenvalue weighted by atomic mass is 10.1. The van der Waals surface area contributed by atoms with Crippen molar-refractivity contribution in [1.29, 1.82) is 0 Å². The zero-order valence-electron chi connectivity index (χ0n) is 13.6. The second-order valence-corrected chi connectivity index (χ2v) is 6.84. The maximum absolute atomic E-state index is 12.9. The highest BCUT2D eigenvalue weighted by molar-refractivity contribution is 6.42. The predicted octanol–water partition coefficient (Wildman–Crippen LogP) is 5.39. The molecule has 3 aromatic rings. The van der Waals surface area contributed by atoms with Gasteiger partial charge in [-0.2, -0.15) is 0 Å². The molecule has 134 valence electrons. The molecule has 1 aromatic heterocycles. The second-order valence-electron chi connectivity index (χ2n) is 5.65. The van der Waals surface area contributed by atoms with Gasteiger partial charge in [-0.1, -0.05) is 53.5 Å². The van der Waals surface area contributed by atoms with Crippen molar-refractivity contribution in [1.82, 2.24) is 9.55 Å². The number of aryl methyl sites for hydroxylation is 1. The number of benzene rings is 2. The van der Waals surface area contributed by atoms with Crippen LogP contribution in [0, 0.1) is 0 Å². The van der Waals surface area contributed by atoms with E-state index in [0.29, 0.717) is 45.5 Å². The van der Waals surface area contributed by atoms with Gasteiger partial charge in [-0.3, -0.25) is 4.79 Å². The summed E-state index contributed by atoms with van der Waals surface area (Å²) < 4.78 is 1.55. The van der Waals surface area contributed by atoms with Crippen LogP contribution >= 0.6 is 34.8 Å². The van der Waals surface area contributed by atoms with Gasteiger partial charge in [0.15, 0.2) is 0 Å². The van der Waals surface area contributed by atoms with E-state index in [1.807, 2.05) is 6.07 Å². The summed E-state index contributed by atoms with van der Waals surface area (Å²) in [6.07, 6.45) is 1.96. The Morgan fingerprint density at radius 3 is 2.54 bits per heavy atom. The van der Waals surface area contributed by atoms with Crippen molar-refractivity contribution in [2.24, 2.45) is 0 Å². The fourth-order valence-electron chi connectivity index (χ4n) is 2.61. The second kappa shape index (κ2) is 8.12. The molecule has 0 radical (unpaired) electrons. The molecule has 0 atom stereocenters. The Bertz CT molecular complexity index is 1030. The fourth-order valence-corrected chi connectivity index (χ4v) is 3.05. The van der Waals surface area contributed by atoms with Gasteiger partial charge in [0.25, 0.3) is 5.56 Å². The van der Waals surface area contributed by atoms with Crippen molar-refractivity contribution >= 4 is 57.7 Å². The molecule has 7 heteroatoms. The van der Waals surface area contributed by atoms with E-state index in [1.54, 1.807) is 41.0 Å². The van der Waals surface area contributed by atoms with Crippen LogP contribution in [0.1, 0.15) is 17.7 Å². The smallest absolute Gasteiger partial charge is 0.277 e. The summed E-state index contributed by atoms with van der Waals surface area (Å²) in [7, 11) is 0. The monoisotopic (exact) mass is 408 g/mol. The maximum Gasteiger partial charge on any atom is 0.277 e. The zero-order chi connectivity index (χ0) is 18.7. The minimum Gasteiger partial charge on any atom is -0.507 e. The Labute approximate surface area is 165 Å². The quantitative estimate of drug-likeness (QED) is 0.454. The summed E-state index contributed by atoms with van der Waals surface area (Å²) in [4.78, 5) is 17.2. The van der Waals surface area contributed by atoms with E-state index in [4.69, 9.17) is 34.8 Å². The summed E-state index contributed by atoms with van der Waals surface area (Å²) in [5.74, 6) is 0.372. The number of alkyl halides is 1. The summed E-state index contributed by atoms with van der Waals surface area (Å²) >= 11 is 18.0. The van der Waals surface area contributed by atoms with E-state index in [1.165, 1.54) is 6.08 Å². The van der Waals surface area contributed by atoms with Gasteiger partial charge in [0.2, 0.25) is 0 Å².